The van der Waals surface area contributed by atoms with E-state index in [-0.39, 0.29) is 24.3 Å². The summed E-state index contributed by atoms with van der Waals surface area (Å²) >= 11 is 0. The van der Waals surface area contributed by atoms with Crippen LogP contribution < -0.4 is 5.32 Å². The monoisotopic (exact) mass is 379 g/mol. The summed E-state index contributed by atoms with van der Waals surface area (Å²) in [6.45, 7) is 4.58. The van der Waals surface area contributed by atoms with Gasteiger partial charge in [0.25, 0.3) is 0 Å². The summed E-state index contributed by atoms with van der Waals surface area (Å²) in [5, 5.41) is 2.81. The molecule has 2 unspecified atom stereocenters. The molecule has 9 heteroatoms. The van der Waals surface area contributed by atoms with Crippen LogP contribution in [-0.2, 0) is 14.3 Å². The van der Waals surface area contributed by atoms with Crippen molar-refractivity contribution in [2.75, 3.05) is 52.5 Å². The van der Waals surface area contributed by atoms with Crippen molar-refractivity contribution in [2.24, 2.45) is 11.8 Å². The van der Waals surface area contributed by atoms with Gasteiger partial charge in [-0.25, -0.2) is 0 Å². The zero-order valence-electron chi connectivity index (χ0n) is 15.2. The highest BCUT2D eigenvalue weighted by atomic mass is 19.4. The fourth-order valence-electron chi connectivity index (χ4n) is 3.07. The third kappa shape index (κ3) is 7.49. The lowest BCUT2D eigenvalue weighted by atomic mass is 10.2. The number of rotatable bonds is 9. The molecule has 0 aromatic heterocycles. The topological polar surface area (TPSA) is 61.9 Å². The Kier molecular flexibility index (Phi) is 7.69. The van der Waals surface area contributed by atoms with Crippen LogP contribution in [0, 0.1) is 11.8 Å². The first-order chi connectivity index (χ1) is 12.3. The number of nitrogens with zero attached hydrogens (tertiary/aromatic N) is 2. The quantitative estimate of drug-likeness (QED) is 0.613. The number of hydrogen-bond acceptors (Lipinski definition) is 4. The number of piperazine rings is 1. The molecule has 0 aromatic rings. The molecular weight excluding hydrogens is 351 g/mol. The predicted octanol–water partition coefficient (Wildman–Crippen LogP) is 1.26. The molecule has 1 N–H and O–H groups in total. The molecule has 26 heavy (non-hydrogen) atoms. The normalized spacial score (nSPS) is 23.8. The van der Waals surface area contributed by atoms with Crippen LogP contribution in [0.1, 0.15) is 26.2 Å². The molecule has 0 radical (unpaired) electrons. The molecular formula is C17H28F3N3O3. The first-order valence-corrected chi connectivity index (χ1v) is 9.18. The average Bonchev–Trinajstić information content (AvgIpc) is 3.31. The van der Waals surface area contributed by atoms with Gasteiger partial charge in [0.15, 0.2) is 0 Å². The second kappa shape index (κ2) is 9.55. The van der Waals surface area contributed by atoms with Gasteiger partial charge in [-0.2, -0.15) is 13.2 Å². The Bertz CT molecular complexity index is 480. The molecule has 150 valence electrons. The highest BCUT2D eigenvalue weighted by Gasteiger charge is 2.38. The van der Waals surface area contributed by atoms with Gasteiger partial charge in [-0.1, -0.05) is 6.92 Å². The van der Waals surface area contributed by atoms with Crippen LogP contribution in [0.4, 0.5) is 13.2 Å². The van der Waals surface area contributed by atoms with Crippen LogP contribution in [0.3, 0.4) is 0 Å². The van der Waals surface area contributed by atoms with Gasteiger partial charge in [0.2, 0.25) is 11.8 Å². The lowest BCUT2D eigenvalue weighted by Gasteiger charge is -2.34. The van der Waals surface area contributed by atoms with E-state index < -0.39 is 12.8 Å². The van der Waals surface area contributed by atoms with Gasteiger partial charge in [-0.05, 0) is 18.8 Å². The summed E-state index contributed by atoms with van der Waals surface area (Å²) < 4.78 is 40.4. The first-order valence-electron chi connectivity index (χ1n) is 9.18. The Hall–Kier alpha value is -1.35. The SMILES string of the molecule is CC1CC1C(=O)NCCC(=O)N1CCN(CCCOCC(F)(F)F)CC1. The van der Waals surface area contributed by atoms with Crippen molar-refractivity contribution in [3.8, 4) is 0 Å². The number of carbonyl (C=O) groups is 2. The van der Waals surface area contributed by atoms with E-state index in [0.29, 0.717) is 58.0 Å². The van der Waals surface area contributed by atoms with E-state index >= 15 is 0 Å². The smallest absolute Gasteiger partial charge is 0.372 e. The Balaban J connectivity index is 1.50. The number of alkyl halides is 3. The number of ether oxygens (including phenoxy) is 1. The number of carbonyl (C=O) groups excluding carboxylic acids is 2. The van der Waals surface area contributed by atoms with E-state index in [4.69, 9.17) is 0 Å². The van der Waals surface area contributed by atoms with E-state index in [0.717, 1.165) is 6.42 Å². The van der Waals surface area contributed by atoms with Gasteiger partial charge in [0.05, 0.1) is 0 Å². The molecule has 6 nitrogen and oxygen atoms in total. The van der Waals surface area contributed by atoms with Crippen LogP contribution >= 0.6 is 0 Å². The second-order valence-electron chi connectivity index (χ2n) is 7.10. The second-order valence-corrected chi connectivity index (χ2v) is 7.10. The van der Waals surface area contributed by atoms with Gasteiger partial charge in [0.1, 0.15) is 6.61 Å². The molecule has 2 fully saturated rings. The van der Waals surface area contributed by atoms with Gasteiger partial charge in [0, 0.05) is 58.2 Å². The third-order valence-electron chi connectivity index (χ3n) is 4.84. The van der Waals surface area contributed by atoms with Crippen molar-refractivity contribution >= 4 is 11.8 Å². The van der Waals surface area contributed by atoms with E-state index in [9.17, 15) is 22.8 Å². The molecule has 1 aliphatic carbocycles. The molecule has 1 saturated carbocycles. The maximum Gasteiger partial charge on any atom is 0.411 e. The summed E-state index contributed by atoms with van der Waals surface area (Å²) in [5.41, 5.74) is 0. The number of amides is 2. The van der Waals surface area contributed by atoms with Gasteiger partial charge < -0.3 is 15.0 Å². The molecule has 2 rings (SSSR count). The van der Waals surface area contributed by atoms with Crippen LogP contribution in [0.2, 0.25) is 0 Å². The van der Waals surface area contributed by atoms with Crippen molar-refractivity contribution in [2.45, 2.75) is 32.4 Å². The minimum absolute atomic E-state index is 0.0299. The van der Waals surface area contributed by atoms with E-state index in [1.807, 2.05) is 6.92 Å². The summed E-state index contributed by atoms with van der Waals surface area (Å²) in [4.78, 5) is 27.8. The van der Waals surface area contributed by atoms with Gasteiger partial charge >= 0.3 is 6.18 Å². The number of hydrogen-bond donors (Lipinski definition) is 1. The minimum Gasteiger partial charge on any atom is -0.372 e. The number of halogens is 3. The molecule has 2 atom stereocenters. The molecule has 1 saturated heterocycles. The standard InChI is InChI=1S/C17H28F3N3O3/c1-13-11-14(13)16(25)21-4-3-15(24)23-8-6-22(7-9-23)5-2-10-26-12-17(18,19)20/h13-14H,2-12H2,1H3,(H,21,25). The van der Waals surface area contributed by atoms with Gasteiger partial charge in [-0.3, -0.25) is 14.5 Å². The van der Waals surface area contributed by atoms with Crippen molar-refractivity contribution in [3.63, 3.8) is 0 Å². The third-order valence-corrected chi connectivity index (χ3v) is 4.84. The molecule has 1 aliphatic heterocycles. The van der Waals surface area contributed by atoms with Crippen LogP contribution in [0.5, 0.6) is 0 Å². The van der Waals surface area contributed by atoms with Crippen LogP contribution in [0.25, 0.3) is 0 Å². The predicted molar refractivity (Wildman–Crippen MR) is 89.4 cm³/mol. The Labute approximate surface area is 152 Å². The van der Waals surface area contributed by atoms with Crippen LogP contribution in [-0.4, -0.2) is 80.3 Å². The Morgan fingerprint density at radius 3 is 2.42 bits per heavy atom. The van der Waals surface area contributed by atoms with E-state index in [1.165, 1.54) is 0 Å². The Morgan fingerprint density at radius 2 is 1.85 bits per heavy atom. The fraction of sp³-hybridized carbons (Fsp3) is 0.882. The van der Waals surface area contributed by atoms with E-state index in [1.54, 1.807) is 4.90 Å². The summed E-state index contributed by atoms with van der Waals surface area (Å²) in [6, 6.07) is 0. The maximum absolute atomic E-state index is 12.2. The van der Waals surface area contributed by atoms with Crippen LogP contribution in [0.15, 0.2) is 0 Å². The first kappa shape index (κ1) is 21.0. The fourth-order valence-corrected chi connectivity index (χ4v) is 3.07. The van der Waals surface area contributed by atoms with Crippen molar-refractivity contribution < 1.29 is 27.5 Å². The van der Waals surface area contributed by atoms with Gasteiger partial charge in [-0.15, -0.1) is 0 Å². The van der Waals surface area contributed by atoms with Crippen molar-refractivity contribution in [1.82, 2.24) is 15.1 Å². The molecule has 2 amide bonds. The maximum atomic E-state index is 12.2. The molecule has 0 aromatic carbocycles. The minimum atomic E-state index is -4.28. The van der Waals surface area contributed by atoms with Crippen molar-refractivity contribution in [3.05, 3.63) is 0 Å². The summed E-state index contributed by atoms with van der Waals surface area (Å²) in [6.07, 6.45) is -2.50. The lowest BCUT2D eigenvalue weighted by Crippen LogP contribution is -2.49. The largest absolute Gasteiger partial charge is 0.411 e. The highest BCUT2D eigenvalue weighted by Crippen LogP contribution is 2.37. The Morgan fingerprint density at radius 1 is 1.19 bits per heavy atom. The average molecular weight is 379 g/mol. The van der Waals surface area contributed by atoms with E-state index in [2.05, 4.69) is 15.0 Å². The molecule has 2 aliphatic rings. The molecule has 1 heterocycles. The zero-order chi connectivity index (χ0) is 19.2. The zero-order valence-corrected chi connectivity index (χ0v) is 15.2. The molecule has 0 bridgehead atoms. The summed E-state index contributed by atoms with van der Waals surface area (Å²) in [7, 11) is 0. The van der Waals surface area contributed by atoms with Crippen molar-refractivity contribution in [1.29, 1.82) is 0 Å². The highest BCUT2D eigenvalue weighted by molar-refractivity contribution is 5.82. The number of nitrogens with one attached hydrogen (secondary N) is 1. The summed E-state index contributed by atoms with van der Waals surface area (Å²) in [5.74, 6) is 0.650. The lowest BCUT2D eigenvalue weighted by molar-refractivity contribution is -0.174. The molecule has 0 spiro atoms.